The molecule has 1 aliphatic carbocycles. The van der Waals surface area contributed by atoms with Crippen LogP contribution in [0.3, 0.4) is 0 Å². The van der Waals surface area contributed by atoms with Crippen molar-refractivity contribution in [3.63, 3.8) is 0 Å². The van der Waals surface area contributed by atoms with E-state index in [0.29, 0.717) is 6.54 Å². The Morgan fingerprint density at radius 3 is 2.17 bits per heavy atom. The molecule has 0 radical (unpaired) electrons. The van der Waals surface area contributed by atoms with Crippen LogP contribution in [-0.4, -0.2) is 27.0 Å². The van der Waals surface area contributed by atoms with Crippen LogP contribution in [0.5, 0.6) is 0 Å². The zero-order chi connectivity index (χ0) is 29.2. The number of rotatable bonds is 7. The SMILES string of the molecule is CNc1ccc2c(c1)CCC1=C[PH](C)(C)C=CC1=C2NCc1ccccc1N=P(C)(c1ccccc1)c1ccccc1. The normalized spacial score (nSPS) is 16.4. The molecule has 42 heavy (non-hydrogen) atoms. The first-order chi connectivity index (χ1) is 20.4. The molecule has 214 valence electrons. The van der Waals surface area contributed by atoms with E-state index < -0.39 is 14.3 Å². The molecule has 0 atom stereocenters. The first kappa shape index (κ1) is 28.5. The summed E-state index contributed by atoms with van der Waals surface area (Å²) >= 11 is 0. The van der Waals surface area contributed by atoms with Crippen molar-refractivity contribution in [3.05, 3.63) is 149 Å². The van der Waals surface area contributed by atoms with Crippen molar-refractivity contribution in [1.29, 1.82) is 0 Å². The summed E-state index contributed by atoms with van der Waals surface area (Å²) in [5.74, 6) is 5.06. The van der Waals surface area contributed by atoms with Crippen molar-refractivity contribution in [3.8, 4) is 0 Å². The van der Waals surface area contributed by atoms with Crippen LogP contribution in [0, 0.1) is 0 Å². The standard InChI is InChI=1S/C37H41N3P2/c1-38-31-21-22-34-28(25-31)19-20-30-27-41(2,3)24-23-35(30)37(34)39-26-29-13-11-12-18-36(29)40-42(4,32-14-7-5-8-15-32)33-16-9-6-10-17-33/h5-18,21-25,27,38-39,41H,19-20,26H2,1-4H3. The van der Waals surface area contributed by atoms with E-state index in [0.717, 1.165) is 24.2 Å². The summed E-state index contributed by atoms with van der Waals surface area (Å²) in [6.07, 6.45) is 4.52. The zero-order valence-corrected chi connectivity index (χ0v) is 27.0. The number of nitrogens with one attached hydrogen (secondary N) is 2. The van der Waals surface area contributed by atoms with Crippen molar-refractivity contribution in [2.24, 2.45) is 4.74 Å². The molecule has 6 rings (SSSR count). The summed E-state index contributed by atoms with van der Waals surface area (Å²) in [7, 11) is -1.51. The van der Waals surface area contributed by atoms with Crippen LogP contribution >= 0.6 is 14.3 Å². The van der Waals surface area contributed by atoms with Crippen molar-refractivity contribution in [2.45, 2.75) is 19.4 Å². The number of hydrogen-bond donors (Lipinski definition) is 2. The molecule has 0 saturated heterocycles. The molecule has 0 unspecified atom stereocenters. The summed E-state index contributed by atoms with van der Waals surface area (Å²) in [5, 5.41) is 9.85. The molecule has 1 aliphatic heterocycles. The van der Waals surface area contributed by atoms with E-state index in [4.69, 9.17) is 4.74 Å². The fourth-order valence-electron chi connectivity index (χ4n) is 6.09. The third-order valence-corrected chi connectivity index (χ3v) is 13.8. The van der Waals surface area contributed by atoms with Gasteiger partial charge in [-0.1, -0.05) is 36.4 Å². The van der Waals surface area contributed by atoms with Gasteiger partial charge in [-0.25, -0.2) is 0 Å². The number of allylic oxidation sites excluding steroid dienone is 3. The van der Waals surface area contributed by atoms with Gasteiger partial charge in [-0.3, -0.25) is 0 Å². The van der Waals surface area contributed by atoms with Crippen LogP contribution in [0.4, 0.5) is 11.4 Å². The quantitative estimate of drug-likeness (QED) is 0.212. The second kappa shape index (κ2) is 11.9. The third-order valence-electron chi connectivity index (χ3n) is 8.44. The Morgan fingerprint density at radius 1 is 0.810 bits per heavy atom. The molecule has 0 amide bonds. The third kappa shape index (κ3) is 5.82. The molecule has 0 saturated carbocycles. The van der Waals surface area contributed by atoms with Gasteiger partial charge in [-0.15, -0.1) is 0 Å². The first-order valence-corrected chi connectivity index (χ1v) is 20.2. The Morgan fingerprint density at radius 2 is 1.48 bits per heavy atom. The van der Waals surface area contributed by atoms with Crippen LogP contribution in [0.25, 0.3) is 5.70 Å². The topological polar surface area (TPSA) is 36.4 Å². The van der Waals surface area contributed by atoms with Crippen LogP contribution in [0.2, 0.25) is 0 Å². The second-order valence-corrected chi connectivity index (χ2v) is 19.4. The molecule has 5 heteroatoms. The summed E-state index contributed by atoms with van der Waals surface area (Å²) < 4.78 is 5.61. The molecule has 0 spiro atoms. The van der Waals surface area contributed by atoms with Gasteiger partial charge in [0, 0.05) is 0 Å². The predicted octanol–water partition coefficient (Wildman–Crippen LogP) is 8.71. The minimum Gasteiger partial charge on any atom is -0.0622 e. The average Bonchev–Trinajstić information content (AvgIpc) is 3.16. The monoisotopic (exact) mass is 589 g/mol. The van der Waals surface area contributed by atoms with Gasteiger partial charge in [0.15, 0.2) is 0 Å². The summed E-state index contributed by atoms with van der Waals surface area (Å²) in [6, 6.07) is 37.1. The predicted molar refractivity (Wildman–Crippen MR) is 189 cm³/mol. The Balaban J connectivity index is 1.43. The molecule has 2 N–H and O–H groups in total. The van der Waals surface area contributed by atoms with E-state index in [9.17, 15) is 0 Å². The smallest absolute Gasteiger partial charge is 0.0622 e. The molecule has 0 aromatic heterocycles. The van der Waals surface area contributed by atoms with E-state index in [1.54, 1.807) is 0 Å². The molecule has 3 nitrogen and oxygen atoms in total. The number of fused-ring (bicyclic) bond motifs is 2. The van der Waals surface area contributed by atoms with Gasteiger partial charge < -0.3 is 0 Å². The fraction of sp³-hybridized carbons (Fsp3) is 0.189. The number of aryl methyl sites for hydroxylation is 1. The molecule has 4 aromatic rings. The molecular formula is C37H41N3P2. The summed E-state index contributed by atoms with van der Waals surface area (Å²) in [5.41, 5.74) is 10.2. The van der Waals surface area contributed by atoms with E-state index in [1.165, 1.54) is 44.1 Å². The first-order valence-electron chi connectivity index (χ1n) is 14.9. The summed E-state index contributed by atoms with van der Waals surface area (Å²) in [6.45, 7) is 7.89. The van der Waals surface area contributed by atoms with Gasteiger partial charge >= 0.3 is 216 Å². The van der Waals surface area contributed by atoms with Gasteiger partial charge in [-0.05, 0) is 0 Å². The molecule has 4 aromatic carbocycles. The Hall–Kier alpha value is -3.64. The molecule has 2 aliphatic rings. The zero-order valence-electron chi connectivity index (χ0n) is 25.1. The van der Waals surface area contributed by atoms with Crippen molar-refractivity contribution in [1.82, 2.24) is 5.32 Å². The minimum atomic E-state index is -2.02. The maximum absolute atomic E-state index is 5.61. The number of hydrogen-bond acceptors (Lipinski definition) is 3. The van der Waals surface area contributed by atoms with Crippen molar-refractivity contribution in [2.75, 3.05) is 32.4 Å². The van der Waals surface area contributed by atoms with Crippen LogP contribution in [0.1, 0.15) is 23.1 Å². The van der Waals surface area contributed by atoms with Gasteiger partial charge in [0.05, 0.1) is 0 Å². The van der Waals surface area contributed by atoms with Crippen molar-refractivity contribution >= 4 is 42.0 Å². The van der Waals surface area contributed by atoms with E-state index in [1.807, 2.05) is 7.05 Å². The van der Waals surface area contributed by atoms with Crippen LogP contribution in [-0.2, 0) is 13.0 Å². The number of nitrogens with zero attached hydrogens (tertiary/aromatic N) is 1. The number of benzene rings is 4. The second-order valence-electron chi connectivity index (χ2n) is 11.9. The van der Waals surface area contributed by atoms with Crippen LogP contribution < -0.4 is 21.2 Å². The van der Waals surface area contributed by atoms with Gasteiger partial charge in [-0.2, -0.15) is 0 Å². The fourth-order valence-corrected chi connectivity index (χ4v) is 10.6. The van der Waals surface area contributed by atoms with Gasteiger partial charge in [0.1, 0.15) is 0 Å². The Labute approximate surface area is 251 Å². The molecular weight excluding hydrogens is 548 g/mol. The average molecular weight is 590 g/mol. The molecule has 0 fully saturated rings. The van der Waals surface area contributed by atoms with Gasteiger partial charge in [0.2, 0.25) is 0 Å². The Bertz CT molecular complexity index is 1710. The molecule has 0 bridgehead atoms. The maximum atomic E-state index is 5.61. The Kier molecular flexibility index (Phi) is 8.09. The van der Waals surface area contributed by atoms with Gasteiger partial charge in [0.25, 0.3) is 0 Å². The van der Waals surface area contributed by atoms with E-state index in [-0.39, 0.29) is 0 Å². The minimum absolute atomic E-state index is 0.706. The van der Waals surface area contributed by atoms with E-state index in [2.05, 4.69) is 151 Å². The molecule has 1 heterocycles. The number of anilines is 1. The van der Waals surface area contributed by atoms with Crippen LogP contribution in [0.15, 0.2) is 137 Å². The van der Waals surface area contributed by atoms with E-state index >= 15 is 0 Å². The van der Waals surface area contributed by atoms with Crippen molar-refractivity contribution < 1.29 is 0 Å². The summed E-state index contributed by atoms with van der Waals surface area (Å²) in [4.78, 5) is 0.